The van der Waals surface area contributed by atoms with Crippen molar-refractivity contribution >= 4 is 46.1 Å². The van der Waals surface area contributed by atoms with Crippen molar-refractivity contribution in [2.45, 2.75) is 84.0 Å². The average Bonchev–Trinajstić information content (AvgIpc) is 4.07. The number of piperazine rings is 1. The van der Waals surface area contributed by atoms with E-state index in [1.807, 2.05) is 39.8 Å². The molecule has 0 bridgehead atoms. The normalized spacial score (nSPS) is 18.7. The number of rotatable bonds is 10. The van der Waals surface area contributed by atoms with E-state index in [-0.39, 0.29) is 35.3 Å². The minimum absolute atomic E-state index is 0.00219. The third-order valence-electron chi connectivity index (χ3n) is 13.9. The number of nitrogens with zero attached hydrogens (tertiary/aromatic N) is 7. The van der Waals surface area contributed by atoms with E-state index in [2.05, 4.69) is 89.1 Å². The number of aryl methyl sites for hydroxylation is 1. The van der Waals surface area contributed by atoms with Crippen molar-refractivity contribution in [1.82, 2.24) is 45.7 Å². The zero-order chi connectivity index (χ0) is 47.4. The molecule has 6 heterocycles. The molecule has 10 rings (SSSR count). The summed E-state index contributed by atoms with van der Waals surface area (Å²) in [4.78, 5) is 75.6. The quantitative estimate of drug-likeness (QED) is 0.133. The van der Waals surface area contributed by atoms with Crippen molar-refractivity contribution in [3.8, 4) is 22.4 Å². The van der Waals surface area contributed by atoms with Crippen LogP contribution in [0.3, 0.4) is 0 Å². The molecule has 0 aliphatic carbocycles. The lowest BCUT2D eigenvalue weighted by atomic mass is 9.96. The molecule has 0 radical (unpaired) electrons. The number of hydrogen-bond donors (Lipinski definition) is 3. The first-order valence-electron chi connectivity index (χ1n) is 23.3. The Kier molecular flexibility index (Phi) is 11.7. The van der Waals surface area contributed by atoms with Crippen LogP contribution in [0.5, 0.6) is 0 Å². The van der Waals surface area contributed by atoms with Crippen molar-refractivity contribution in [2.24, 2.45) is 0 Å². The number of halogens is 1. The van der Waals surface area contributed by atoms with Crippen molar-refractivity contribution in [2.75, 3.05) is 44.2 Å². The number of carbonyl (C=O) groups excluding carboxylic acids is 5. The van der Waals surface area contributed by atoms with Crippen LogP contribution in [0, 0.1) is 12.7 Å². The number of likely N-dealkylation sites (tertiary alicyclic amines) is 1. The van der Waals surface area contributed by atoms with Gasteiger partial charge in [0.05, 0.1) is 22.3 Å². The van der Waals surface area contributed by atoms with E-state index in [0.29, 0.717) is 30.5 Å². The predicted octanol–water partition coefficient (Wildman–Crippen LogP) is 6.14. The molecule has 4 aliphatic heterocycles. The molecule has 0 saturated carbocycles. The van der Waals surface area contributed by atoms with E-state index in [1.54, 1.807) is 6.07 Å². The van der Waals surface area contributed by atoms with Crippen LogP contribution in [0.2, 0.25) is 0 Å². The van der Waals surface area contributed by atoms with Crippen LogP contribution < -0.4 is 15.5 Å². The summed E-state index contributed by atoms with van der Waals surface area (Å²) in [5.74, 6) is -3.43. The highest BCUT2D eigenvalue weighted by molar-refractivity contribution is 6.23. The van der Waals surface area contributed by atoms with E-state index >= 15 is 4.39 Å². The molecule has 1 unspecified atom stereocenters. The van der Waals surface area contributed by atoms with Crippen LogP contribution in [0.25, 0.3) is 33.3 Å². The Labute approximate surface area is 392 Å². The summed E-state index contributed by atoms with van der Waals surface area (Å²) < 4.78 is 21.1. The average molecular weight is 921 g/mol. The van der Waals surface area contributed by atoms with Crippen LogP contribution in [0.4, 0.5) is 10.1 Å². The molecule has 4 aromatic carbocycles. The number of aromatic nitrogens is 4. The number of hydrogen-bond acceptors (Lipinski definition) is 12. The smallest absolute Gasteiger partial charge is 0.315 e. The van der Waals surface area contributed by atoms with Gasteiger partial charge < -0.3 is 14.7 Å². The molecule has 4 aliphatic rings. The van der Waals surface area contributed by atoms with Crippen molar-refractivity contribution in [1.29, 1.82) is 0 Å². The van der Waals surface area contributed by atoms with Crippen LogP contribution in [-0.4, -0.2) is 116 Å². The van der Waals surface area contributed by atoms with E-state index in [9.17, 15) is 24.0 Å². The number of carbonyl (C=O) groups is 5. The van der Waals surface area contributed by atoms with Gasteiger partial charge in [0.15, 0.2) is 5.82 Å². The van der Waals surface area contributed by atoms with Gasteiger partial charge in [-0.15, -0.1) is 0 Å². The molecular formula is C51H53FN10O6. The summed E-state index contributed by atoms with van der Waals surface area (Å²) in [5, 5.41) is 17.9. The topological polar surface area (TPSA) is 190 Å². The lowest BCUT2D eigenvalue weighted by Crippen LogP contribution is -2.54. The molecule has 0 spiro atoms. The van der Waals surface area contributed by atoms with Crippen LogP contribution in [0.15, 0.2) is 77.3 Å². The number of piperidine rings is 2. The number of aromatic amines is 1. The third kappa shape index (κ3) is 8.55. The molecule has 3 N–H and O–H groups in total. The van der Waals surface area contributed by atoms with Crippen LogP contribution in [0.1, 0.15) is 100 Å². The highest BCUT2D eigenvalue weighted by atomic mass is 19.1. The zero-order valence-electron chi connectivity index (χ0n) is 38.5. The lowest BCUT2D eigenvalue weighted by Gasteiger charge is -2.43. The summed E-state index contributed by atoms with van der Waals surface area (Å²) >= 11 is 0. The molecule has 3 fully saturated rings. The van der Waals surface area contributed by atoms with Gasteiger partial charge in [0.2, 0.25) is 11.8 Å². The first-order chi connectivity index (χ1) is 32.7. The minimum atomic E-state index is -1.14. The molecule has 5 amide bonds. The molecule has 6 aromatic rings. The summed E-state index contributed by atoms with van der Waals surface area (Å²) in [6.07, 6.45) is 1.91. The summed E-state index contributed by atoms with van der Waals surface area (Å²) in [6.45, 7) is 13.8. The van der Waals surface area contributed by atoms with Gasteiger partial charge in [-0.25, -0.2) is 4.39 Å². The number of nitrogens with one attached hydrogen (secondary N) is 3. The number of fused-ring (bicyclic) bond motifs is 2. The highest BCUT2D eigenvalue weighted by Crippen LogP contribution is 2.34. The van der Waals surface area contributed by atoms with Crippen molar-refractivity contribution < 1.29 is 32.9 Å². The van der Waals surface area contributed by atoms with Gasteiger partial charge in [-0.3, -0.25) is 49.1 Å². The maximum Gasteiger partial charge on any atom is 0.315 e. The Bertz CT molecular complexity index is 2980. The Balaban J connectivity index is 0.716. The number of imide groups is 2. The molecule has 3 saturated heterocycles. The van der Waals surface area contributed by atoms with Gasteiger partial charge in [-0.2, -0.15) is 10.1 Å². The largest absolute Gasteiger partial charge is 0.369 e. The second-order valence-electron chi connectivity index (χ2n) is 19.3. The number of anilines is 1. The van der Waals surface area contributed by atoms with Gasteiger partial charge in [0.1, 0.15) is 11.9 Å². The third-order valence-corrected chi connectivity index (χ3v) is 13.9. The Hall–Kier alpha value is -7.11. The van der Waals surface area contributed by atoms with E-state index in [4.69, 9.17) is 9.62 Å². The number of benzene rings is 4. The Morgan fingerprint density at radius 1 is 0.838 bits per heavy atom. The van der Waals surface area contributed by atoms with Crippen LogP contribution in [-0.2, 0) is 28.1 Å². The first-order valence-corrected chi connectivity index (χ1v) is 23.3. The molecule has 2 aromatic heterocycles. The Morgan fingerprint density at radius 2 is 1.56 bits per heavy atom. The fourth-order valence-corrected chi connectivity index (χ4v) is 9.90. The fourth-order valence-electron chi connectivity index (χ4n) is 9.90. The van der Waals surface area contributed by atoms with Gasteiger partial charge in [0.25, 0.3) is 11.8 Å². The van der Waals surface area contributed by atoms with Crippen molar-refractivity contribution in [3.63, 3.8) is 0 Å². The molecule has 350 valence electrons. The minimum Gasteiger partial charge on any atom is -0.369 e. The van der Waals surface area contributed by atoms with Crippen molar-refractivity contribution in [3.05, 3.63) is 118 Å². The second kappa shape index (κ2) is 17.8. The molecule has 16 nitrogen and oxygen atoms in total. The van der Waals surface area contributed by atoms with Gasteiger partial charge in [-0.05, 0) is 97.9 Å². The van der Waals surface area contributed by atoms with Gasteiger partial charge in [-0.1, -0.05) is 62.3 Å². The molecular weight excluding hydrogens is 868 g/mol. The summed E-state index contributed by atoms with van der Waals surface area (Å²) in [5.41, 5.74) is 7.82. The second-order valence-corrected chi connectivity index (χ2v) is 19.3. The number of amides is 5. The number of H-pyrrole nitrogens is 1. The van der Waals surface area contributed by atoms with E-state index < -0.39 is 41.4 Å². The van der Waals surface area contributed by atoms with E-state index in [0.717, 1.165) is 101 Å². The highest BCUT2D eigenvalue weighted by Gasteiger charge is 2.46. The lowest BCUT2D eigenvalue weighted by molar-refractivity contribution is -0.136. The molecule has 1 atom stereocenters. The predicted molar refractivity (Wildman–Crippen MR) is 251 cm³/mol. The van der Waals surface area contributed by atoms with Gasteiger partial charge in [0, 0.05) is 79.3 Å². The molecule has 17 heteroatoms. The van der Waals surface area contributed by atoms with E-state index in [1.165, 1.54) is 11.8 Å². The van der Waals surface area contributed by atoms with Gasteiger partial charge >= 0.3 is 11.8 Å². The fraction of sp³-hybridized carbons (Fsp3) is 0.373. The maximum absolute atomic E-state index is 15.9. The summed E-state index contributed by atoms with van der Waals surface area (Å²) in [6, 6.07) is 23.5. The maximum atomic E-state index is 15.9. The standard InChI is InChI=1S/C51H53FN10O6/c1-29-25-32(5-6-33(29)27-53-46(65)47-55-50(58-68-47)51(2,3)4)44-38-26-31(10-14-39(38)56-57-44)30-7-11-35(12-8-30)60-21-23-61(24-22-60)36-17-19-59(20-18-36)28-34-9-13-37-42(43(34)52)49(67)62(48(37)66)40-15-16-41(63)54-45(40)64/h5-14,25-26,36,40H,15-24,27-28H2,1-4H3,(H,53,65)(H,56,57)(H,54,63,64). The zero-order valence-corrected chi connectivity index (χ0v) is 38.5. The SMILES string of the molecule is Cc1cc(-c2n[nH]c3ccc(-c4ccc(N5CCN(C6CCN(Cc7ccc8c(c7F)C(=O)N(C7CCC(=O)NC7=O)C8=O)CC6)CC5)cc4)cc23)ccc1CNC(=O)c1nc(C(C)(C)C)no1. The first kappa shape index (κ1) is 44.7. The monoisotopic (exact) mass is 920 g/mol. The molecule has 68 heavy (non-hydrogen) atoms. The van der Waals surface area contributed by atoms with Crippen LogP contribution >= 0.6 is 0 Å². The summed E-state index contributed by atoms with van der Waals surface area (Å²) in [7, 11) is 0. The Morgan fingerprint density at radius 3 is 2.26 bits per heavy atom.